The molecule has 0 fully saturated rings. The molecule has 9 heteroatoms. The Hall–Kier alpha value is -3.13. The van der Waals surface area contributed by atoms with E-state index >= 15 is 0 Å². The number of aromatic carboxylic acids is 1. The molecule has 0 amide bonds. The molecule has 1 aromatic heterocycles. The Morgan fingerprint density at radius 3 is 2.33 bits per heavy atom. The second-order valence-corrected chi connectivity index (χ2v) is 5.91. The van der Waals surface area contributed by atoms with E-state index in [1.54, 1.807) is 18.2 Å². The number of carboxylic acids is 1. The minimum Gasteiger partial charge on any atom is -0.478 e. The zero-order valence-electron chi connectivity index (χ0n) is 13.5. The van der Waals surface area contributed by atoms with Crippen molar-refractivity contribution < 1.29 is 23.1 Å². The van der Waals surface area contributed by atoms with Gasteiger partial charge in [0.05, 0.1) is 11.3 Å². The summed E-state index contributed by atoms with van der Waals surface area (Å²) in [5.74, 6) is -1.39. The van der Waals surface area contributed by atoms with Crippen molar-refractivity contribution in [1.82, 2.24) is 9.97 Å². The predicted octanol–water partition coefficient (Wildman–Crippen LogP) is 5.26. The fourth-order valence-corrected chi connectivity index (χ4v) is 2.46. The van der Waals surface area contributed by atoms with Gasteiger partial charge < -0.3 is 10.4 Å². The second-order valence-electron chi connectivity index (χ2n) is 5.48. The highest BCUT2D eigenvalue weighted by molar-refractivity contribution is 6.30. The van der Waals surface area contributed by atoms with E-state index in [0.717, 1.165) is 6.07 Å². The molecule has 3 aromatic rings. The molecule has 0 radical (unpaired) electrons. The van der Waals surface area contributed by atoms with Gasteiger partial charge in [0.2, 0.25) is 5.95 Å². The number of hydrogen-bond acceptors (Lipinski definition) is 4. The van der Waals surface area contributed by atoms with Gasteiger partial charge in [0.25, 0.3) is 0 Å². The third kappa shape index (κ3) is 4.53. The van der Waals surface area contributed by atoms with Crippen molar-refractivity contribution in [3.05, 3.63) is 70.9 Å². The van der Waals surface area contributed by atoms with Gasteiger partial charge in [-0.2, -0.15) is 13.2 Å². The van der Waals surface area contributed by atoms with Crippen LogP contribution < -0.4 is 5.32 Å². The van der Waals surface area contributed by atoms with Crippen LogP contribution in [0.2, 0.25) is 5.02 Å². The van der Waals surface area contributed by atoms with E-state index in [1.807, 2.05) is 0 Å². The van der Waals surface area contributed by atoms with Gasteiger partial charge in [-0.15, -0.1) is 0 Å². The number of hydrogen-bond donors (Lipinski definition) is 2. The van der Waals surface area contributed by atoms with Crippen molar-refractivity contribution in [2.75, 3.05) is 5.32 Å². The summed E-state index contributed by atoms with van der Waals surface area (Å²) in [5.41, 5.74) is -0.275. The van der Waals surface area contributed by atoms with Crippen LogP contribution in [0.1, 0.15) is 16.1 Å². The van der Waals surface area contributed by atoms with Gasteiger partial charge in [-0.3, -0.25) is 0 Å². The average Bonchev–Trinajstić information content (AvgIpc) is 2.61. The maximum atomic E-state index is 13.2. The first-order valence-electron chi connectivity index (χ1n) is 7.55. The Morgan fingerprint density at radius 1 is 1.04 bits per heavy atom. The van der Waals surface area contributed by atoms with E-state index in [4.69, 9.17) is 16.7 Å². The lowest BCUT2D eigenvalue weighted by Gasteiger charge is -2.12. The molecule has 0 unspecified atom stereocenters. The van der Waals surface area contributed by atoms with Crippen molar-refractivity contribution in [2.24, 2.45) is 0 Å². The van der Waals surface area contributed by atoms with E-state index in [2.05, 4.69) is 15.3 Å². The van der Waals surface area contributed by atoms with Gasteiger partial charge in [-0.1, -0.05) is 23.7 Å². The van der Waals surface area contributed by atoms with Crippen LogP contribution in [0, 0.1) is 0 Å². The van der Waals surface area contributed by atoms with Gasteiger partial charge in [0, 0.05) is 16.3 Å². The third-order valence-electron chi connectivity index (χ3n) is 3.52. The molecule has 0 spiro atoms. The summed E-state index contributed by atoms with van der Waals surface area (Å²) in [4.78, 5) is 18.5. The minimum atomic E-state index is -4.67. The van der Waals surface area contributed by atoms with Gasteiger partial charge in [0.15, 0.2) is 5.69 Å². The van der Waals surface area contributed by atoms with Crippen LogP contribution in [0.4, 0.5) is 24.8 Å². The van der Waals surface area contributed by atoms with Crippen LogP contribution >= 0.6 is 11.6 Å². The van der Waals surface area contributed by atoms with Gasteiger partial charge in [-0.25, -0.2) is 14.8 Å². The first kappa shape index (κ1) is 18.7. The molecule has 27 heavy (non-hydrogen) atoms. The molecule has 0 aliphatic heterocycles. The second kappa shape index (κ2) is 7.24. The van der Waals surface area contributed by atoms with Gasteiger partial charge >= 0.3 is 12.1 Å². The zero-order valence-corrected chi connectivity index (χ0v) is 14.2. The molecule has 138 valence electrons. The first-order valence-corrected chi connectivity index (χ1v) is 7.93. The molecule has 0 atom stereocenters. The smallest absolute Gasteiger partial charge is 0.433 e. The Balaban J connectivity index is 2.01. The largest absolute Gasteiger partial charge is 0.478 e. The van der Waals surface area contributed by atoms with Gasteiger partial charge in [0.1, 0.15) is 0 Å². The molecular weight excluding hydrogens is 383 g/mol. The van der Waals surface area contributed by atoms with E-state index in [-0.39, 0.29) is 17.2 Å². The van der Waals surface area contributed by atoms with E-state index < -0.39 is 17.8 Å². The number of aromatic nitrogens is 2. The number of benzene rings is 2. The maximum absolute atomic E-state index is 13.2. The monoisotopic (exact) mass is 393 g/mol. The molecule has 0 saturated heterocycles. The van der Waals surface area contributed by atoms with Crippen molar-refractivity contribution in [1.29, 1.82) is 0 Å². The molecule has 2 aromatic carbocycles. The van der Waals surface area contributed by atoms with Crippen LogP contribution in [0.15, 0.2) is 54.6 Å². The van der Waals surface area contributed by atoms with E-state index in [9.17, 15) is 18.0 Å². The normalized spacial score (nSPS) is 11.3. The SMILES string of the molecule is O=C(O)c1ccc(Nc2nc(-c3cccc(Cl)c3)cc(C(F)(F)F)n2)cc1. The number of nitrogens with zero attached hydrogens (tertiary/aromatic N) is 2. The van der Waals surface area contributed by atoms with E-state index in [0.29, 0.717) is 16.3 Å². The van der Waals surface area contributed by atoms with Crippen molar-refractivity contribution >= 4 is 29.2 Å². The average molecular weight is 394 g/mol. The van der Waals surface area contributed by atoms with Gasteiger partial charge in [-0.05, 0) is 42.5 Å². The molecule has 0 bridgehead atoms. The lowest BCUT2D eigenvalue weighted by Crippen LogP contribution is -2.11. The number of carboxylic acid groups (broad SMARTS) is 1. The topological polar surface area (TPSA) is 75.1 Å². The fourth-order valence-electron chi connectivity index (χ4n) is 2.27. The number of nitrogens with one attached hydrogen (secondary N) is 1. The molecule has 1 heterocycles. The third-order valence-corrected chi connectivity index (χ3v) is 3.76. The summed E-state index contributed by atoms with van der Waals surface area (Å²) in [5, 5.41) is 11.9. The molecule has 0 saturated carbocycles. The van der Waals surface area contributed by atoms with Crippen LogP contribution in [0.3, 0.4) is 0 Å². The molecule has 0 aliphatic carbocycles. The number of halogens is 4. The van der Waals surface area contributed by atoms with Crippen LogP contribution in [0.25, 0.3) is 11.3 Å². The van der Waals surface area contributed by atoms with Crippen LogP contribution in [-0.4, -0.2) is 21.0 Å². The summed E-state index contributed by atoms with van der Waals surface area (Å²) in [6.07, 6.45) is -4.67. The number of rotatable bonds is 4. The first-order chi connectivity index (χ1) is 12.7. The Kier molecular flexibility index (Phi) is 5.00. The highest BCUT2D eigenvalue weighted by Crippen LogP contribution is 2.32. The van der Waals surface area contributed by atoms with E-state index in [1.165, 1.54) is 30.3 Å². The molecule has 2 N–H and O–H groups in total. The molecule has 5 nitrogen and oxygen atoms in total. The maximum Gasteiger partial charge on any atom is 0.433 e. The lowest BCUT2D eigenvalue weighted by molar-refractivity contribution is -0.141. The Morgan fingerprint density at radius 2 is 1.74 bits per heavy atom. The summed E-state index contributed by atoms with van der Waals surface area (Å²) in [7, 11) is 0. The Labute approximate surface area is 156 Å². The summed E-state index contributed by atoms with van der Waals surface area (Å²) < 4.78 is 39.6. The van der Waals surface area contributed by atoms with Crippen molar-refractivity contribution in [3.63, 3.8) is 0 Å². The molecule has 0 aliphatic rings. The Bertz CT molecular complexity index is 992. The van der Waals surface area contributed by atoms with Crippen LogP contribution in [-0.2, 0) is 6.18 Å². The molecule has 3 rings (SSSR count). The summed E-state index contributed by atoms with van der Waals surface area (Å²) in [6.45, 7) is 0. The summed E-state index contributed by atoms with van der Waals surface area (Å²) >= 11 is 5.91. The minimum absolute atomic E-state index is 0.0458. The predicted molar refractivity (Wildman–Crippen MR) is 94.2 cm³/mol. The van der Waals surface area contributed by atoms with Crippen LogP contribution in [0.5, 0.6) is 0 Å². The highest BCUT2D eigenvalue weighted by Gasteiger charge is 2.34. The fraction of sp³-hybridized carbons (Fsp3) is 0.0556. The molecular formula is C18H11ClF3N3O2. The zero-order chi connectivity index (χ0) is 19.6. The number of anilines is 2. The lowest BCUT2D eigenvalue weighted by atomic mass is 10.1. The van der Waals surface area contributed by atoms with Crippen molar-refractivity contribution in [3.8, 4) is 11.3 Å². The highest BCUT2D eigenvalue weighted by atomic mass is 35.5. The quantitative estimate of drug-likeness (QED) is 0.632. The number of alkyl halides is 3. The summed E-state index contributed by atoms with van der Waals surface area (Å²) in [6, 6.07) is 12.6. The number of carbonyl (C=O) groups is 1. The standard InChI is InChI=1S/C18H11ClF3N3O2/c19-12-3-1-2-11(8-12)14-9-15(18(20,21)22)25-17(24-14)23-13-6-4-10(5-7-13)16(26)27/h1-9H,(H,26,27)(H,23,24,25). The van der Waals surface area contributed by atoms with Crippen molar-refractivity contribution in [2.45, 2.75) is 6.18 Å².